The lowest BCUT2D eigenvalue weighted by Crippen LogP contribution is -2.47. The normalized spacial score (nSPS) is 20.9. The molecule has 1 amide bonds. The maximum absolute atomic E-state index is 12.7. The molecule has 1 aliphatic carbocycles. The number of nitrogens with one attached hydrogen (secondary N) is 1. The lowest BCUT2D eigenvalue weighted by Gasteiger charge is -2.42. The summed E-state index contributed by atoms with van der Waals surface area (Å²) in [5, 5.41) is 13.2. The maximum Gasteiger partial charge on any atom is 0.410 e. The molecule has 3 aromatic rings. The summed E-state index contributed by atoms with van der Waals surface area (Å²) < 4.78 is 5.57. The van der Waals surface area contributed by atoms with Gasteiger partial charge in [-0.2, -0.15) is 0 Å². The highest BCUT2D eigenvalue weighted by Gasteiger charge is 2.47. The predicted molar refractivity (Wildman–Crippen MR) is 143 cm³/mol. The number of aliphatic hydroxyl groups is 1. The van der Waals surface area contributed by atoms with Crippen LogP contribution in [0.1, 0.15) is 67.7 Å². The van der Waals surface area contributed by atoms with Gasteiger partial charge in [0.2, 0.25) is 0 Å². The standard InChI is InChI=1S/C28H32ClN5O3/c1-27(2,3)37-26(35)34-11-8-18(9-12-34)28(36)22-7-6-19(29)14-20(22)21(24(30)23-15-31-16-33-23)13-17-5-4-10-32-25(17)28/h4-7,10,13-16,18,24,36H,8-9,11-12,30H2,1-3H3,(H,31,33). The molecule has 0 spiro atoms. The molecule has 0 radical (unpaired) electrons. The van der Waals surface area contributed by atoms with Crippen molar-refractivity contribution in [3.63, 3.8) is 0 Å². The Bertz CT molecular complexity index is 1330. The number of hydrogen-bond acceptors (Lipinski definition) is 6. The van der Waals surface area contributed by atoms with Gasteiger partial charge in [0.05, 0.1) is 23.8 Å². The van der Waals surface area contributed by atoms with Crippen LogP contribution >= 0.6 is 11.6 Å². The first-order valence-electron chi connectivity index (χ1n) is 12.5. The van der Waals surface area contributed by atoms with Crippen molar-refractivity contribution in [2.24, 2.45) is 11.7 Å². The van der Waals surface area contributed by atoms with Crippen molar-refractivity contribution in [2.45, 2.75) is 50.9 Å². The molecule has 0 bridgehead atoms. The minimum absolute atomic E-state index is 0.198. The van der Waals surface area contributed by atoms with Gasteiger partial charge in [0, 0.05) is 36.4 Å². The predicted octanol–water partition coefficient (Wildman–Crippen LogP) is 4.90. The van der Waals surface area contributed by atoms with Crippen molar-refractivity contribution < 1.29 is 14.6 Å². The van der Waals surface area contributed by atoms with E-state index in [1.807, 2.05) is 51.1 Å². The molecule has 0 saturated carbocycles. The zero-order chi connectivity index (χ0) is 26.4. The van der Waals surface area contributed by atoms with E-state index >= 15 is 0 Å². The Balaban J connectivity index is 1.57. The number of amides is 1. The monoisotopic (exact) mass is 521 g/mol. The van der Waals surface area contributed by atoms with Gasteiger partial charge < -0.3 is 25.5 Å². The molecule has 9 heteroatoms. The first kappa shape index (κ1) is 25.4. The number of hydrogen-bond donors (Lipinski definition) is 3. The van der Waals surface area contributed by atoms with E-state index in [0.717, 1.165) is 22.4 Å². The maximum atomic E-state index is 12.7. The molecule has 37 heavy (non-hydrogen) atoms. The third-order valence-electron chi connectivity index (χ3n) is 7.14. The molecule has 5 rings (SSSR count). The molecule has 2 atom stereocenters. The number of carbonyl (C=O) groups excluding carboxylic acids is 1. The smallest absolute Gasteiger partial charge is 0.410 e. The lowest BCUT2D eigenvalue weighted by molar-refractivity contribution is -0.0262. The largest absolute Gasteiger partial charge is 0.444 e. The van der Waals surface area contributed by atoms with E-state index in [2.05, 4.69) is 9.97 Å². The molecule has 1 fully saturated rings. The molecule has 194 valence electrons. The first-order chi connectivity index (χ1) is 17.6. The van der Waals surface area contributed by atoms with Gasteiger partial charge in [0.1, 0.15) is 11.2 Å². The van der Waals surface area contributed by atoms with Crippen molar-refractivity contribution >= 4 is 29.3 Å². The number of pyridine rings is 1. The molecule has 2 aliphatic rings. The van der Waals surface area contributed by atoms with E-state index in [9.17, 15) is 9.90 Å². The Morgan fingerprint density at radius 2 is 2.05 bits per heavy atom. The number of H-pyrrole nitrogens is 1. The molecular formula is C28H32ClN5O3. The Labute approximate surface area is 221 Å². The van der Waals surface area contributed by atoms with Crippen LogP contribution in [0.3, 0.4) is 0 Å². The van der Waals surface area contributed by atoms with E-state index in [4.69, 9.17) is 27.1 Å². The molecule has 3 heterocycles. The van der Waals surface area contributed by atoms with Crippen LogP contribution in [0.4, 0.5) is 4.79 Å². The number of fused-ring (bicyclic) bond motifs is 2. The Kier molecular flexibility index (Phi) is 6.60. The SMILES string of the molecule is CC(C)(C)OC(=O)N1CCC(C2(O)c3ccc(Cl)cc3C(C(N)c3cnc[nH]3)=Cc3cccnc32)CC1. The molecule has 1 aliphatic heterocycles. The number of nitrogens with zero attached hydrogens (tertiary/aromatic N) is 3. The first-order valence-corrected chi connectivity index (χ1v) is 12.9. The number of piperidine rings is 1. The number of likely N-dealkylation sites (tertiary alicyclic amines) is 1. The van der Waals surface area contributed by atoms with Crippen LogP contribution in [0.2, 0.25) is 5.02 Å². The van der Waals surface area contributed by atoms with Crippen molar-refractivity contribution in [1.29, 1.82) is 0 Å². The minimum Gasteiger partial charge on any atom is -0.444 e. The number of halogens is 1. The Morgan fingerprint density at radius 3 is 2.73 bits per heavy atom. The average molecular weight is 522 g/mol. The number of rotatable bonds is 3. The fourth-order valence-electron chi connectivity index (χ4n) is 5.39. The number of aromatic nitrogens is 3. The van der Waals surface area contributed by atoms with E-state index in [-0.39, 0.29) is 12.0 Å². The summed E-state index contributed by atoms with van der Waals surface area (Å²) in [6.45, 7) is 6.52. The molecule has 1 aromatic carbocycles. The van der Waals surface area contributed by atoms with Crippen LogP contribution < -0.4 is 5.73 Å². The second kappa shape index (κ2) is 9.59. The molecule has 2 aromatic heterocycles. The number of nitrogens with two attached hydrogens (primary N) is 1. The minimum atomic E-state index is -1.41. The second-order valence-electron chi connectivity index (χ2n) is 10.7. The number of ether oxygens (including phenoxy) is 1. The van der Waals surface area contributed by atoms with Gasteiger partial charge in [-0.1, -0.05) is 23.7 Å². The van der Waals surface area contributed by atoms with Gasteiger partial charge in [0.25, 0.3) is 0 Å². The third kappa shape index (κ3) is 4.77. The second-order valence-corrected chi connectivity index (χ2v) is 11.2. The van der Waals surface area contributed by atoms with Crippen molar-refractivity contribution in [1.82, 2.24) is 19.9 Å². The van der Waals surface area contributed by atoms with Crippen LogP contribution in [0.15, 0.2) is 49.1 Å². The third-order valence-corrected chi connectivity index (χ3v) is 7.38. The van der Waals surface area contributed by atoms with E-state index in [1.165, 1.54) is 0 Å². The van der Waals surface area contributed by atoms with E-state index in [0.29, 0.717) is 42.2 Å². The van der Waals surface area contributed by atoms with Crippen molar-refractivity contribution in [3.8, 4) is 0 Å². The lowest BCUT2D eigenvalue weighted by atomic mass is 9.72. The highest BCUT2D eigenvalue weighted by atomic mass is 35.5. The quantitative estimate of drug-likeness (QED) is 0.451. The molecule has 2 unspecified atom stereocenters. The zero-order valence-corrected chi connectivity index (χ0v) is 22.0. The number of aromatic amines is 1. The topological polar surface area (TPSA) is 117 Å². The van der Waals surface area contributed by atoms with Crippen LogP contribution in [0.5, 0.6) is 0 Å². The number of imidazole rings is 1. The van der Waals surface area contributed by atoms with Gasteiger partial charge in [-0.15, -0.1) is 0 Å². The van der Waals surface area contributed by atoms with Gasteiger partial charge in [-0.05, 0) is 80.2 Å². The van der Waals surface area contributed by atoms with Crippen LogP contribution in [-0.4, -0.2) is 49.7 Å². The average Bonchev–Trinajstić information content (AvgIpc) is 3.38. The fraction of sp³-hybridized carbons (Fsp3) is 0.393. The highest BCUT2D eigenvalue weighted by Crippen LogP contribution is 2.49. The Hall–Kier alpha value is -3.20. The summed E-state index contributed by atoms with van der Waals surface area (Å²) >= 11 is 6.48. The summed E-state index contributed by atoms with van der Waals surface area (Å²) in [6.07, 6.45) is 7.79. The summed E-state index contributed by atoms with van der Waals surface area (Å²) in [6, 6.07) is 8.78. The van der Waals surface area contributed by atoms with Crippen molar-refractivity contribution in [3.05, 3.63) is 82.2 Å². The summed E-state index contributed by atoms with van der Waals surface area (Å²) in [5.74, 6) is -0.198. The Morgan fingerprint density at radius 1 is 1.30 bits per heavy atom. The van der Waals surface area contributed by atoms with Gasteiger partial charge in [-0.3, -0.25) is 4.98 Å². The van der Waals surface area contributed by atoms with Crippen molar-refractivity contribution in [2.75, 3.05) is 13.1 Å². The van der Waals surface area contributed by atoms with Gasteiger partial charge >= 0.3 is 6.09 Å². The molecular weight excluding hydrogens is 490 g/mol. The summed E-state index contributed by atoms with van der Waals surface area (Å²) in [4.78, 5) is 26.3. The van der Waals surface area contributed by atoms with Crippen LogP contribution in [0, 0.1) is 5.92 Å². The van der Waals surface area contributed by atoms with E-state index in [1.54, 1.807) is 29.7 Å². The zero-order valence-electron chi connectivity index (χ0n) is 21.2. The summed E-state index contributed by atoms with van der Waals surface area (Å²) in [5.41, 5.74) is 9.13. The number of carbonyl (C=O) groups is 1. The molecule has 4 N–H and O–H groups in total. The summed E-state index contributed by atoms with van der Waals surface area (Å²) in [7, 11) is 0. The van der Waals surface area contributed by atoms with Crippen LogP contribution in [0.25, 0.3) is 11.6 Å². The fourth-order valence-corrected chi connectivity index (χ4v) is 5.57. The van der Waals surface area contributed by atoms with Gasteiger partial charge in [0.15, 0.2) is 0 Å². The van der Waals surface area contributed by atoms with Crippen LogP contribution in [-0.2, 0) is 10.3 Å². The number of benzene rings is 1. The molecule has 8 nitrogen and oxygen atoms in total. The van der Waals surface area contributed by atoms with E-state index < -0.39 is 17.2 Å². The molecule has 1 saturated heterocycles. The van der Waals surface area contributed by atoms with Gasteiger partial charge in [-0.25, -0.2) is 9.78 Å². The highest BCUT2D eigenvalue weighted by molar-refractivity contribution is 6.30.